The first-order valence-corrected chi connectivity index (χ1v) is 9.08. The molecular weight excluding hydrogens is 376 g/mol. The molecule has 2 aromatic carbocycles. The van der Waals surface area contributed by atoms with Crippen LogP contribution in [0.15, 0.2) is 42.5 Å². The number of carboxylic acid groups (broad SMARTS) is 1. The number of para-hydroxylation sites is 1. The van der Waals surface area contributed by atoms with Crippen molar-refractivity contribution in [2.45, 2.75) is 18.5 Å². The molecule has 0 saturated carbocycles. The summed E-state index contributed by atoms with van der Waals surface area (Å²) in [5.41, 5.74) is 2.99. The van der Waals surface area contributed by atoms with E-state index in [2.05, 4.69) is 4.98 Å². The third-order valence-electron chi connectivity index (χ3n) is 5.48. The molecule has 2 aliphatic heterocycles. The lowest BCUT2D eigenvalue weighted by Gasteiger charge is -2.39. The fraction of sp³-hybridized carbons (Fsp3) is 0.190. The average molecular weight is 392 g/mol. The van der Waals surface area contributed by atoms with E-state index < -0.39 is 24.0 Å². The number of aldehydes is 1. The summed E-state index contributed by atoms with van der Waals surface area (Å²) >= 11 is 0. The van der Waals surface area contributed by atoms with Gasteiger partial charge in [0.1, 0.15) is 6.04 Å². The highest BCUT2D eigenvalue weighted by atomic mass is 16.7. The maximum absolute atomic E-state index is 12.5. The number of fused-ring (bicyclic) bond motifs is 4. The Labute approximate surface area is 164 Å². The molecule has 0 aliphatic carbocycles. The predicted octanol–water partition coefficient (Wildman–Crippen LogP) is 2.02. The molecule has 146 valence electrons. The summed E-state index contributed by atoms with van der Waals surface area (Å²) in [6.45, 7) is 0.0931. The van der Waals surface area contributed by atoms with E-state index in [0.717, 1.165) is 21.4 Å². The Bertz CT molecular complexity index is 1170. The fourth-order valence-electron chi connectivity index (χ4n) is 4.24. The van der Waals surface area contributed by atoms with Crippen LogP contribution in [0.25, 0.3) is 10.9 Å². The molecule has 0 saturated heterocycles. The van der Waals surface area contributed by atoms with Gasteiger partial charge < -0.3 is 24.5 Å². The molecule has 29 heavy (non-hydrogen) atoms. The third-order valence-corrected chi connectivity index (χ3v) is 5.48. The molecule has 1 amide bonds. The van der Waals surface area contributed by atoms with Crippen LogP contribution in [-0.2, 0) is 20.8 Å². The van der Waals surface area contributed by atoms with Crippen molar-refractivity contribution < 1.29 is 29.0 Å². The van der Waals surface area contributed by atoms with Gasteiger partial charge in [-0.2, -0.15) is 0 Å². The number of carbonyl (C=O) groups is 3. The Hall–Kier alpha value is -3.81. The molecule has 2 atom stereocenters. The number of ether oxygens (including phenoxy) is 2. The van der Waals surface area contributed by atoms with Gasteiger partial charge in [0.2, 0.25) is 13.1 Å². The lowest BCUT2D eigenvalue weighted by Crippen LogP contribution is -2.51. The zero-order valence-corrected chi connectivity index (χ0v) is 15.1. The minimum Gasteiger partial charge on any atom is -0.480 e. The van der Waals surface area contributed by atoms with Crippen LogP contribution in [0.4, 0.5) is 0 Å². The number of hydrogen-bond acceptors (Lipinski definition) is 5. The minimum absolute atomic E-state index is 0.0931. The standard InChI is InChI=1S/C21H16N2O6/c24-9-18(25)23-15(21(26)27)8-13-12-3-1-2-4-14(12)22-19(13)20(23)11-5-6-16-17(7-11)29-10-28-16/h1-7,9,15,20,22H,8,10H2,(H,26,27)/t15-,20-/m1/s1. The molecule has 1 aromatic heterocycles. The summed E-state index contributed by atoms with van der Waals surface area (Å²) in [7, 11) is 0. The van der Waals surface area contributed by atoms with Crippen molar-refractivity contribution in [3.05, 3.63) is 59.3 Å². The number of carbonyl (C=O) groups excluding carboxylic acids is 2. The van der Waals surface area contributed by atoms with Crippen LogP contribution in [0.1, 0.15) is 22.9 Å². The third kappa shape index (κ3) is 2.56. The van der Waals surface area contributed by atoms with Gasteiger partial charge in [0.25, 0.3) is 5.91 Å². The van der Waals surface area contributed by atoms with E-state index in [4.69, 9.17) is 9.47 Å². The minimum atomic E-state index is -1.17. The number of nitrogens with zero attached hydrogens (tertiary/aromatic N) is 1. The van der Waals surface area contributed by atoms with Gasteiger partial charge in [0.05, 0.1) is 6.04 Å². The highest BCUT2D eigenvalue weighted by molar-refractivity contribution is 6.24. The molecule has 3 aromatic rings. The molecular formula is C21H16N2O6. The maximum Gasteiger partial charge on any atom is 0.326 e. The Kier molecular flexibility index (Phi) is 3.80. The maximum atomic E-state index is 12.5. The fourth-order valence-corrected chi connectivity index (χ4v) is 4.24. The second-order valence-corrected chi connectivity index (χ2v) is 7.00. The number of carboxylic acids is 1. The van der Waals surface area contributed by atoms with Crippen LogP contribution in [0.5, 0.6) is 11.5 Å². The van der Waals surface area contributed by atoms with Crippen LogP contribution < -0.4 is 9.47 Å². The number of benzene rings is 2. The van der Waals surface area contributed by atoms with Gasteiger partial charge in [-0.15, -0.1) is 0 Å². The van der Waals surface area contributed by atoms with Crippen LogP contribution in [0, 0.1) is 0 Å². The van der Waals surface area contributed by atoms with E-state index in [1.54, 1.807) is 18.2 Å². The molecule has 0 unspecified atom stereocenters. The van der Waals surface area contributed by atoms with Crippen LogP contribution in [0.3, 0.4) is 0 Å². The summed E-state index contributed by atoms with van der Waals surface area (Å²) in [4.78, 5) is 40.4. The molecule has 0 bridgehead atoms. The summed E-state index contributed by atoms with van der Waals surface area (Å²) in [5, 5.41) is 10.7. The van der Waals surface area contributed by atoms with Gasteiger partial charge in [-0.3, -0.25) is 9.59 Å². The zero-order chi connectivity index (χ0) is 20.1. The number of aromatic amines is 1. The second-order valence-electron chi connectivity index (χ2n) is 7.00. The number of aliphatic carboxylic acids is 1. The van der Waals surface area contributed by atoms with Crippen molar-refractivity contribution in [1.29, 1.82) is 0 Å². The predicted molar refractivity (Wildman–Crippen MR) is 101 cm³/mol. The number of amides is 1. The molecule has 5 rings (SSSR count). The van der Waals surface area contributed by atoms with Crippen molar-refractivity contribution in [2.75, 3.05) is 6.79 Å². The molecule has 8 heteroatoms. The van der Waals surface area contributed by atoms with E-state index in [1.165, 1.54) is 0 Å². The van der Waals surface area contributed by atoms with Crippen LogP contribution in [0.2, 0.25) is 0 Å². The van der Waals surface area contributed by atoms with Gasteiger partial charge in [0.15, 0.2) is 11.5 Å². The smallest absolute Gasteiger partial charge is 0.326 e. The molecule has 2 aliphatic rings. The number of hydrogen-bond donors (Lipinski definition) is 2. The van der Waals surface area contributed by atoms with Crippen LogP contribution >= 0.6 is 0 Å². The summed E-state index contributed by atoms with van der Waals surface area (Å²) in [6, 6.07) is 10.8. The van der Waals surface area contributed by atoms with Gasteiger partial charge in [-0.1, -0.05) is 24.3 Å². The molecule has 2 N–H and O–H groups in total. The Balaban J connectivity index is 1.77. The van der Waals surface area contributed by atoms with Crippen molar-refractivity contribution in [3.8, 4) is 11.5 Å². The quantitative estimate of drug-likeness (QED) is 0.521. The monoisotopic (exact) mass is 392 g/mol. The topological polar surface area (TPSA) is 109 Å². The first-order chi connectivity index (χ1) is 14.1. The van der Waals surface area contributed by atoms with E-state index in [1.807, 2.05) is 24.3 Å². The normalized spacial score (nSPS) is 19.8. The summed E-state index contributed by atoms with van der Waals surface area (Å²) in [5.74, 6) is -0.966. The van der Waals surface area contributed by atoms with Crippen LogP contribution in [-0.4, -0.2) is 46.0 Å². The van der Waals surface area contributed by atoms with Crippen molar-refractivity contribution in [2.24, 2.45) is 0 Å². The van der Waals surface area contributed by atoms with Gasteiger partial charge in [0, 0.05) is 23.0 Å². The largest absolute Gasteiger partial charge is 0.480 e. The molecule has 0 fully saturated rings. The number of aromatic nitrogens is 1. The van der Waals surface area contributed by atoms with E-state index >= 15 is 0 Å². The number of H-pyrrole nitrogens is 1. The van der Waals surface area contributed by atoms with Gasteiger partial charge in [-0.05, 0) is 29.3 Å². The highest BCUT2D eigenvalue weighted by Crippen LogP contribution is 2.43. The second kappa shape index (κ2) is 6.37. The summed E-state index contributed by atoms with van der Waals surface area (Å²) < 4.78 is 10.8. The van der Waals surface area contributed by atoms with Gasteiger partial charge in [-0.25, -0.2) is 4.79 Å². The molecule has 8 nitrogen and oxygen atoms in total. The summed E-state index contributed by atoms with van der Waals surface area (Å²) in [6.07, 6.45) is 0.263. The molecule has 3 heterocycles. The number of rotatable bonds is 3. The first kappa shape index (κ1) is 17.3. The van der Waals surface area contributed by atoms with Crippen molar-refractivity contribution in [3.63, 3.8) is 0 Å². The van der Waals surface area contributed by atoms with Crippen molar-refractivity contribution >= 4 is 29.1 Å². The Morgan fingerprint density at radius 2 is 1.93 bits per heavy atom. The van der Waals surface area contributed by atoms with E-state index in [0.29, 0.717) is 22.8 Å². The SMILES string of the molecule is O=CC(=O)N1[C@H](c2ccc3c(c2)OCO3)c2[nH]c3ccccc3c2C[C@@H]1C(=O)O. The Morgan fingerprint density at radius 3 is 2.72 bits per heavy atom. The molecule has 0 spiro atoms. The average Bonchev–Trinajstić information content (AvgIpc) is 3.35. The zero-order valence-electron chi connectivity index (χ0n) is 15.1. The molecule has 0 radical (unpaired) electrons. The lowest BCUT2D eigenvalue weighted by molar-refractivity contribution is -0.153. The van der Waals surface area contributed by atoms with E-state index in [9.17, 15) is 19.5 Å². The van der Waals surface area contributed by atoms with Crippen molar-refractivity contribution in [1.82, 2.24) is 9.88 Å². The van der Waals surface area contributed by atoms with E-state index in [-0.39, 0.29) is 19.5 Å². The highest BCUT2D eigenvalue weighted by Gasteiger charge is 2.43. The number of nitrogens with one attached hydrogen (secondary N) is 1. The van der Waals surface area contributed by atoms with Gasteiger partial charge >= 0.3 is 5.97 Å². The Morgan fingerprint density at radius 1 is 1.14 bits per heavy atom. The first-order valence-electron chi connectivity index (χ1n) is 9.08. The lowest BCUT2D eigenvalue weighted by atomic mass is 9.87.